The van der Waals surface area contributed by atoms with Crippen LogP contribution in [0, 0.1) is 11.8 Å². The Hall–Kier alpha value is -1.22. The van der Waals surface area contributed by atoms with E-state index in [1.165, 1.54) is 25.9 Å². The molecule has 3 aliphatic heterocycles. The standard InChI is InChI=1S/C13H16N2O/c16-13(11-1-5-14-6-2-11)12-9-15-7-3-10(12)4-8-15/h1-2,5-6,10,12H,3-4,7-9H2. The number of hydrogen-bond donors (Lipinski definition) is 0. The van der Waals surface area contributed by atoms with Crippen molar-refractivity contribution in [2.75, 3.05) is 19.6 Å². The topological polar surface area (TPSA) is 33.2 Å². The van der Waals surface area contributed by atoms with E-state index in [9.17, 15) is 4.79 Å². The van der Waals surface area contributed by atoms with Gasteiger partial charge in [0, 0.05) is 30.4 Å². The zero-order valence-corrected chi connectivity index (χ0v) is 9.30. The van der Waals surface area contributed by atoms with Crippen LogP contribution in [-0.4, -0.2) is 35.3 Å². The Morgan fingerprint density at radius 1 is 1.25 bits per heavy atom. The van der Waals surface area contributed by atoms with Gasteiger partial charge in [-0.3, -0.25) is 9.78 Å². The Morgan fingerprint density at radius 3 is 2.50 bits per heavy atom. The highest BCUT2D eigenvalue weighted by Gasteiger charge is 2.38. The van der Waals surface area contributed by atoms with Crippen LogP contribution in [0.5, 0.6) is 0 Å². The molecule has 0 radical (unpaired) electrons. The molecule has 1 unspecified atom stereocenters. The Bertz CT molecular complexity index is 382. The normalized spacial score (nSPS) is 32.6. The molecule has 4 rings (SSSR count). The second-order valence-corrected chi connectivity index (χ2v) is 4.84. The van der Waals surface area contributed by atoms with Crippen LogP contribution in [0.2, 0.25) is 0 Å². The number of rotatable bonds is 2. The third kappa shape index (κ3) is 1.65. The molecule has 16 heavy (non-hydrogen) atoms. The minimum Gasteiger partial charge on any atom is -0.303 e. The van der Waals surface area contributed by atoms with E-state index < -0.39 is 0 Å². The molecule has 3 nitrogen and oxygen atoms in total. The van der Waals surface area contributed by atoms with E-state index in [4.69, 9.17) is 0 Å². The average molecular weight is 216 g/mol. The predicted octanol–water partition coefficient (Wildman–Crippen LogP) is 1.61. The molecule has 3 saturated heterocycles. The number of fused-ring (bicyclic) bond motifs is 3. The maximum Gasteiger partial charge on any atom is 0.167 e. The number of pyridine rings is 1. The number of piperidine rings is 3. The van der Waals surface area contributed by atoms with Gasteiger partial charge in [-0.15, -0.1) is 0 Å². The summed E-state index contributed by atoms with van der Waals surface area (Å²) in [6, 6.07) is 3.67. The first-order chi connectivity index (χ1) is 7.84. The van der Waals surface area contributed by atoms with Crippen molar-refractivity contribution in [3.05, 3.63) is 30.1 Å². The molecule has 3 aliphatic rings. The summed E-state index contributed by atoms with van der Waals surface area (Å²) in [7, 11) is 0. The van der Waals surface area contributed by atoms with Crippen molar-refractivity contribution in [1.29, 1.82) is 0 Å². The summed E-state index contributed by atoms with van der Waals surface area (Å²) >= 11 is 0. The summed E-state index contributed by atoms with van der Waals surface area (Å²) in [4.78, 5) is 18.7. The minimum atomic E-state index is 0.227. The Labute approximate surface area is 95.5 Å². The fraction of sp³-hybridized carbons (Fsp3) is 0.538. The van der Waals surface area contributed by atoms with Crippen molar-refractivity contribution in [3.8, 4) is 0 Å². The molecule has 0 N–H and O–H groups in total. The number of aromatic nitrogens is 1. The van der Waals surface area contributed by atoms with Gasteiger partial charge < -0.3 is 4.90 Å². The average Bonchev–Trinajstić information content (AvgIpc) is 2.40. The lowest BCUT2D eigenvalue weighted by Gasteiger charge is -2.44. The highest BCUT2D eigenvalue weighted by molar-refractivity contribution is 5.98. The number of ketones is 1. The SMILES string of the molecule is O=C(c1ccncc1)C1CN2CCC1CC2. The first kappa shape index (κ1) is 9.97. The van der Waals surface area contributed by atoms with Gasteiger partial charge in [-0.25, -0.2) is 0 Å². The second kappa shape index (κ2) is 3.98. The van der Waals surface area contributed by atoms with Crippen LogP contribution in [0.4, 0.5) is 0 Å². The van der Waals surface area contributed by atoms with Crippen LogP contribution in [0.15, 0.2) is 24.5 Å². The van der Waals surface area contributed by atoms with Crippen LogP contribution in [0.25, 0.3) is 0 Å². The molecule has 0 aromatic carbocycles. The van der Waals surface area contributed by atoms with E-state index in [0.717, 1.165) is 12.1 Å². The number of Topliss-reactive ketones (excluding diaryl/α,β-unsaturated/α-hetero) is 1. The maximum absolute atomic E-state index is 12.3. The molecule has 1 aromatic rings. The molecule has 3 heteroatoms. The van der Waals surface area contributed by atoms with E-state index in [0.29, 0.717) is 11.7 Å². The van der Waals surface area contributed by atoms with Gasteiger partial charge in [0.05, 0.1) is 0 Å². The van der Waals surface area contributed by atoms with Gasteiger partial charge in [0.15, 0.2) is 5.78 Å². The van der Waals surface area contributed by atoms with Crippen molar-refractivity contribution in [2.24, 2.45) is 11.8 Å². The molecule has 1 aromatic heterocycles. The summed E-state index contributed by atoms with van der Waals surface area (Å²) in [6.45, 7) is 3.33. The molecule has 84 valence electrons. The molecular formula is C13H16N2O. The minimum absolute atomic E-state index is 0.227. The molecule has 0 spiro atoms. The van der Waals surface area contributed by atoms with Crippen molar-refractivity contribution in [3.63, 3.8) is 0 Å². The zero-order chi connectivity index (χ0) is 11.0. The van der Waals surface area contributed by atoms with Crippen LogP contribution in [0.3, 0.4) is 0 Å². The lowest BCUT2D eigenvalue weighted by molar-refractivity contribution is 0.0419. The van der Waals surface area contributed by atoms with Gasteiger partial charge in [-0.2, -0.15) is 0 Å². The number of carbonyl (C=O) groups excluding carboxylic acids is 1. The predicted molar refractivity (Wildman–Crippen MR) is 61.2 cm³/mol. The fourth-order valence-electron chi connectivity index (χ4n) is 2.99. The van der Waals surface area contributed by atoms with Crippen molar-refractivity contribution >= 4 is 5.78 Å². The van der Waals surface area contributed by atoms with Crippen LogP contribution < -0.4 is 0 Å². The smallest absolute Gasteiger partial charge is 0.167 e. The maximum atomic E-state index is 12.3. The van der Waals surface area contributed by atoms with Crippen LogP contribution >= 0.6 is 0 Å². The highest BCUT2D eigenvalue weighted by atomic mass is 16.1. The molecule has 4 heterocycles. The van der Waals surface area contributed by atoms with Gasteiger partial charge >= 0.3 is 0 Å². The molecule has 2 bridgehead atoms. The van der Waals surface area contributed by atoms with Gasteiger partial charge in [-0.05, 0) is 44.0 Å². The molecule has 0 aliphatic carbocycles. The van der Waals surface area contributed by atoms with Crippen molar-refractivity contribution < 1.29 is 4.79 Å². The highest BCUT2D eigenvalue weighted by Crippen LogP contribution is 2.34. The van der Waals surface area contributed by atoms with Crippen molar-refractivity contribution in [2.45, 2.75) is 12.8 Å². The third-order valence-electron chi connectivity index (χ3n) is 3.96. The zero-order valence-electron chi connectivity index (χ0n) is 9.30. The quantitative estimate of drug-likeness (QED) is 0.704. The second-order valence-electron chi connectivity index (χ2n) is 4.84. The Balaban J connectivity index is 1.81. The van der Waals surface area contributed by atoms with E-state index in [2.05, 4.69) is 9.88 Å². The number of nitrogens with zero attached hydrogens (tertiary/aromatic N) is 2. The van der Waals surface area contributed by atoms with E-state index in [1.54, 1.807) is 12.4 Å². The largest absolute Gasteiger partial charge is 0.303 e. The first-order valence-corrected chi connectivity index (χ1v) is 6.01. The Kier molecular flexibility index (Phi) is 2.48. The lowest BCUT2D eigenvalue weighted by Crippen LogP contribution is -2.50. The van der Waals surface area contributed by atoms with E-state index in [-0.39, 0.29) is 5.92 Å². The van der Waals surface area contributed by atoms with Crippen molar-refractivity contribution in [1.82, 2.24) is 9.88 Å². The summed E-state index contributed by atoms with van der Waals surface area (Å²) in [5, 5.41) is 0. The van der Waals surface area contributed by atoms with Crippen LogP contribution in [0.1, 0.15) is 23.2 Å². The number of hydrogen-bond acceptors (Lipinski definition) is 3. The van der Waals surface area contributed by atoms with Gasteiger partial charge in [-0.1, -0.05) is 0 Å². The first-order valence-electron chi connectivity index (χ1n) is 6.01. The van der Waals surface area contributed by atoms with Gasteiger partial charge in [0.1, 0.15) is 0 Å². The van der Waals surface area contributed by atoms with Gasteiger partial charge in [0.25, 0.3) is 0 Å². The fourth-order valence-corrected chi connectivity index (χ4v) is 2.99. The molecule has 0 amide bonds. The van der Waals surface area contributed by atoms with Crippen LogP contribution in [-0.2, 0) is 0 Å². The van der Waals surface area contributed by atoms with E-state index >= 15 is 0 Å². The van der Waals surface area contributed by atoms with E-state index in [1.807, 2.05) is 12.1 Å². The summed E-state index contributed by atoms with van der Waals surface area (Å²) in [5.41, 5.74) is 0.828. The molecular weight excluding hydrogens is 200 g/mol. The van der Waals surface area contributed by atoms with Gasteiger partial charge in [0.2, 0.25) is 0 Å². The third-order valence-corrected chi connectivity index (χ3v) is 3.96. The molecule has 1 atom stereocenters. The molecule has 0 saturated carbocycles. The Morgan fingerprint density at radius 2 is 1.94 bits per heavy atom. The number of carbonyl (C=O) groups is 1. The summed E-state index contributed by atoms with van der Waals surface area (Å²) < 4.78 is 0. The monoisotopic (exact) mass is 216 g/mol. The summed E-state index contributed by atoms with van der Waals surface area (Å²) in [5.74, 6) is 1.16. The molecule has 3 fully saturated rings. The lowest BCUT2D eigenvalue weighted by atomic mass is 9.75. The summed E-state index contributed by atoms with van der Waals surface area (Å²) in [6.07, 6.45) is 5.80.